The summed E-state index contributed by atoms with van der Waals surface area (Å²) in [4.78, 5) is 0. The Morgan fingerprint density at radius 1 is 1.27 bits per heavy atom. The highest BCUT2D eigenvalue weighted by Gasteiger charge is 2.56. The van der Waals surface area contributed by atoms with Gasteiger partial charge >= 0.3 is 0 Å². The van der Waals surface area contributed by atoms with Gasteiger partial charge in [-0.2, -0.15) is 0 Å². The van der Waals surface area contributed by atoms with Gasteiger partial charge in [-0.25, -0.2) is 0 Å². The molecule has 11 heavy (non-hydrogen) atoms. The molecule has 0 aromatic carbocycles. The van der Waals surface area contributed by atoms with Crippen LogP contribution >= 0.6 is 0 Å². The zero-order valence-corrected chi connectivity index (χ0v) is 7.81. The van der Waals surface area contributed by atoms with Gasteiger partial charge in [-0.1, -0.05) is 0 Å². The molecule has 0 atom stereocenters. The van der Waals surface area contributed by atoms with Crippen molar-refractivity contribution >= 4 is 0 Å². The Bertz CT molecular complexity index is 149. The fourth-order valence-electron chi connectivity index (χ4n) is 2.20. The van der Waals surface area contributed by atoms with Crippen molar-refractivity contribution in [2.75, 3.05) is 6.61 Å². The van der Waals surface area contributed by atoms with Gasteiger partial charge in [-0.15, -0.1) is 0 Å². The van der Waals surface area contributed by atoms with Crippen molar-refractivity contribution < 1.29 is 4.74 Å². The van der Waals surface area contributed by atoms with E-state index < -0.39 is 0 Å². The van der Waals surface area contributed by atoms with Crippen LogP contribution in [0.5, 0.6) is 0 Å². The summed E-state index contributed by atoms with van der Waals surface area (Å²) in [7, 11) is 0. The smallest absolute Gasteiger partial charge is 0.0598 e. The largest absolute Gasteiger partial charge is 0.375 e. The molecular formula is C10H18O. The van der Waals surface area contributed by atoms with E-state index >= 15 is 0 Å². The van der Waals surface area contributed by atoms with E-state index in [-0.39, 0.29) is 5.60 Å². The van der Waals surface area contributed by atoms with Crippen molar-refractivity contribution in [3.63, 3.8) is 0 Å². The lowest BCUT2D eigenvalue weighted by atomic mass is 9.45. The van der Waals surface area contributed by atoms with Crippen LogP contribution in [0.3, 0.4) is 0 Å². The van der Waals surface area contributed by atoms with Crippen molar-refractivity contribution in [3.05, 3.63) is 0 Å². The third kappa shape index (κ3) is 1.31. The first-order chi connectivity index (χ1) is 4.99. The molecule has 0 heterocycles. The molecule has 3 aliphatic carbocycles. The lowest BCUT2D eigenvalue weighted by molar-refractivity contribution is -0.179. The van der Waals surface area contributed by atoms with Gasteiger partial charge in [0.15, 0.2) is 0 Å². The van der Waals surface area contributed by atoms with Gasteiger partial charge < -0.3 is 4.74 Å². The second-order valence-corrected chi connectivity index (χ2v) is 5.38. The number of ether oxygens (including phenoxy) is 1. The van der Waals surface area contributed by atoms with Gasteiger partial charge in [0.1, 0.15) is 0 Å². The fraction of sp³-hybridized carbons (Fsp3) is 1.00. The summed E-state index contributed by atoms with van der Waals surface area (Å²) in [5.41, 5.74) is 0.716. The topological polar surface area (TPSA) is 9.23 Å². The standard InChI is InChI=1S/C10H18O/c1-9(2,3)11-7-10-4-8(5-10)6-10/h8H,4-7H2,1-3H3. The van der Waals surface area contributed by atoms with Crippen molar-refractivity contribution in [1.29, 1.82) is 0 Å². The van der Waals surface area contributed by atoms with Crippen LogP contribution in [0.1, 0.15) is 40.0 Å². The molecule has 3 saturated carbocycles. The molecule has 0 saturated heterocycles. The highest BCUT2D eigenvalue weighted by Crippen LogP contribution is 2.64. The van der Waals surface area contributed by atoms with Crippen molar-refractivity contribution in [2.24, 2.45) is 11.3 Å². The molecule has 64 valence electrons. The Morgan fingerprint density at radius 3 is 2.09 bits per heavy atom. The van der Waals surface area contributed by atoms with Crippen LogP contribution in [0.15, 0.2) is 0 Å². The predicted octanol–water partition coefficient (Wildman–Crippen LogP) is 2.60. The van der Waals surface area contributed by atoms with E-state index in [1.54, 1.807) is 0 Å². The Kier molecular flexibility index (Phi) is 1.39. The third-order valence-corrected chi connectivity index (χ3v) is 2.98. The van der Waals surface area contributed by atoms with E-state index in [0.717, 1.165) is 12.5 Å². The zero-order chi connectivity index (χ0) is 8.11. The van der Waals surface area contributed by atoms with Crippen LogP contribution in [0, 0.1) is 11.3 Å². The molecule has 0 unspecified atom stereocenters. The zero-order valence-electron chi connectivity index (χ0n) is 7.81. The van der Waals surface area contributed by atoms with Gasteiger partial charge in [0, 0.05) is 0 Å². The molecule has 3 aliphatic rings. The molecule has 1 heteroatoms. The van der Waals surface area contributed by atoms with Crippen molar-refractivity contribution in [2.45, 2.75) is 45.6 Å². The Hall–Kier alpha value is -0.0400. The van der Waals surface area contributed by atoms with Crippen molar-refractivity contribution in [1.82, 2.24) is 0 Å². The van der Waals surface area contributed by atoms with Crippen LogP contribution in [-0.2, 0) is 4.74 Å². The molecule has 0 aliphatic heterocycles. The van der Waals surface area contributed by atoms with Crippen molar-refractivity contribution in [3.8, 4) is 0 Å². The Balaban J connectivity index is 1.74. The van der Waals surface area contributed by atoms with Gasteiger partial charge in [0.25, 0.3) is 0 Å². The molecule has 0 N–H and O–H groups in total. The van der Waals surface area contributed by atoms with Gasteiger partial charge in [0.05, 0.1) is 12.2 Å². The first-order valence-corrected chi connectivity index (χ1v) is 4.63. The highest BCUT2D eigenvalue weighted by molar-refractivity contribution is 5.06. The predicted molar refractivity (Wildman–Crippen MR) is 45.5 cm³/mol. The fourth-order valence-corrected chi connectivity index (χ4v) is 2.20. The first-order valence-electron chi connectivity index (χ1n) is 4.63. The summed E-state index contributed by atoms with van der Waals surface area (Å²) in [5.74, 6) is 1.08. The molecule has 0 radical (unpaired) electrons. The third-order valence-electron chi connectivity index (χ3n) is 2.98. The van der Waals surface area contributed by atoms with Crippen LogP contribution in [-0.4, -0.2) is 12.2 Å². The monoisotopic (exact) mass is 154 g/mol. The van der Waals surface area contributed by atoms with E-state index in [1.165, 1.54) is 19.3 Å². The van der Waals surface area contributed by atoms with Crippen LogP contribution < -0.4 is 0 Å². The van der Waals surface area contributed by atoms with E-state index in [9.17, 15) is 0 Å². The summed E-state index contributed by atoms with van der Waals surface area (Å²) in [6.07, 6.45) is 4.34. The SMILES string of the molecule is CC(C)(C)OCC12CC(C1)C2. The number of hydrogen-bond donors (Lipinski definition) is 0. The molecular weight excluding hydrogens is 136 g/mol. The van der Waals surface area contributed by atoms with Crippen LogP contribution in [0.2, 0.25) is 0 Å². The minimum atomic E-state index is 0.0649. The molecule has 3 rings (SSSR count). The van der Waals surface area contributed by atoms with Crippen LogP contribution in [0.4, 0.5) is 0 Å². The molecule has 0 aromatic heterocycles. The second-order valence-electron chi connectivity index (χ2n) is 5.38. The van der Waals surface area contributed by atoms with E-state index in [0.29, 0.717) is 5.41 Å². The number of rotatable bonds is 2. The minimum Gasteiger partial charge on any atom is -0.375 e. The molecule has 3 fully saturated rings. The van der Waals surface area contributed by atoms with Gasteiger partial charge in [0.2, 0.25) is 0 Å². The normalized spacial score (nSPS) is 41.2. The van der Waals surface area contributed by atoms with Gasteiger partial charge in [-0.3, -0.25) is 0 Å². The van der Waals surface area contributed by atoms with Gasteiger partial charge in [-0.05, 0) is 51.4 Å². The molecule has 1 nitrogen and oxygen atoms in total. The quantitative estimate of drug-likeness (QED) is 0.594. The summed E-state index contributed by atoms with van der Waals surface area (Å²) in [5, 5.41) is 0. The average molecular weight is 154 g/mol. The van der Waals surface area contributed by atoms with Crippen LogP contribution in [0.25, 0.3) is 0 Å². The first kappa shape index (κ1) is 7.60. The highest BCUT2D eigenvalue weighted by atomic mass is 16.5. The maximum Gasteiger partial charge on any atom is 0.0598 e. The Morgan fingerprint density at radius 2 is 1.82 bits per heavy atom. The molecule has 0 spiro atoms. The van der Waals surface area contributed by atoms with E-state index in [1.807, 2.05) is 0 Å². The number of hydrogen-bond acceptors (Lipinski definition) is 1. The summed E-state index contributed by atoms with van der Waals surface area (Å²) in [6.45, 7) is 7.42. The average Bonchev–Trinajstić information content (AvgIpc) is 1.52. The summed E-state index contributed by atoms with van der Waals surface area (Å²) in [6, 6.07) is 0. The summed E-state index contributed by atoms with van der Waals surface area (Å²) >= 11 is 0. The molecule has 2 bridgehead atoms. The lowest BCUT2D eigenvalue weighted by Gasteiger charge is -2.62. The lowest BCUT2D eigenvalue weighted by Crippen LogP contribution is -2.55. The second kappa shape index (κ2) is 2.01. The maximum atomic E-state index is 5.77. The van der Waals surface area contributed by atoms with E-state index in [4.69, 9.17) is 4.74 Å². The Labute approximate surface area is 69.1 Å². The maximum absolute atomic E-state index is 5.77. The van der Waals surface area contributed by atoms with E-state index in [2.05, 4.69) is 20.8 Å². The molecule has 0 amide bonds. The minimum absolute atomic E-state index is 0.0649. The molecule has 0 aromatic rings. The summed E-state index contributed by atoms with van der Waals surface area (Å²) < 4.78 is 5.77.